The monoisotopic (exact) mass is 420 g/mol. The van der Waals surface area contributed by atoms with E-state index in [1.165, 1.54) is 13.2 Å². The van der Waals surface area contributed by atoms with E-state index in [9.17, 15) is 15.3 Å². The normalized spacial score (nSPS) is 17.8. The fourth-order valence-electron chi connectivity index (χ4n) is 3.77. The standard InChI is InChI=1S/C25H24O6/c1-29-22-11-9-16(12-23(22)30-2)24-21(28)13-18-20(27)14-19(26)17(25(18)31-24)10-8-15-6-4-3-5-7-15/h3-12,14,21,24,26-28H,13H2,1-2H3/b10-8+. The quantitative estimate of drug-likeness (QED) is 0.533. The van der Waals surface area contributed by atoms with E-state index in [1.807, 2.05) is 36.4 Å². The van der Waals surface area contributed by atoms with Crippen LogP contribution in [0.15, 0.2) is 54.6 Å². The number of rotatable bonds is 5. The maximum atomic E-state index is 10.8. The van der Waals surface area contributed by atoms with Gasteiger partial charge in [-0.05, 0) is 29.3 Å². The topological polar surface area (TPSA) is 88.4 Å². The Morgan fingerprint density at radius 3 is 2.35 bits per heavy atom. The van der Waals surface area contributed by atoms with Gasteiger partial charge in [0.2, 0.25) is 0 Å². The fourth-order valence-corrected chi connectivity index (χ4v) is 3.77. The predicted molar refractivity (Wildman–Crippen MR) is 118 cm³/mol. The number of aliphatic hydroxyl groups is 1. The van der Waals surface area contributed by atoms with Crippen molar-refractivity contribution in [2.75, 3.05) is 14.2 Å². The number of hydrogen-bond acceptors (Lipinski definition) is 6. The molecule has 160 valence electrons. The Kier molecular flexibility index (Phi) is 5.73. The summed E-state index contributed by atoms with van der Waals surface area (Å²) in [4.78, 5) is 0. The summed E-state index contributed by atoms with van der Waals surface area (Å²) in [6.45, 7) is 0. The Labute approximate surface area is 180 Å². The molecule has 0 saturated carbocycles. The highest BCUT2D eigenvalue weighted by Crippen LogP contribution is 2.46. The van der Waals surface area contributed by atoms with E-state index in [-0.39, 0.29) is 17.9 Å². The second-order valence-corrected chi connectivity index (χ2v) is 7.30. The summed E-state index contributed by atoms with van der Waals surface area (Å²) in [7, 11) is 3.09. The molecule has 3 aromatic carbocycles. The van der Waals surface area contributed by atoms with Crippen molar-refractivity contribution in [1.82, 2.24) is 0 Å². The first-order chi connectivity index (χ1) is 15.0. The lowest BCUT2D eigenvalue weighted by atomic mass is 9.91. The van der Waals surface area contributed by atoms with Crippen molar-refractivity contribution in [1.29, 1.82) is 0 Å². The van der Waals surface area contributed by atoms with E-state index in [2.05, 4.69) is 0 Å². The van der Waals surface area contributed by atoms with E-state index >= 15 is 0 Å². The van der Waals surface area contributed by atoms with Crippen LogP contribution >= 0.6 is 0 Å². The van der Waals surface area contributed by atoms with Gasteiger partial charge in [0.15, 0.2) is 11.5 Å². The molecule has 1 aliphatic heterocycles. The molecule has 3 aromatic rings. The Morgan fingerprint density at radius 2 is 1.65 bits per heavy atom. The van der Waals surface area contributed by atoms with Gasteiger partial charge >= 0.3 is 0 Å². The zero-order valence-corrected chi connectivity index (χ0v) is 17.3. The van der Waals surface area contributed by atoms with Gasteiger partial charge in [0.1, 0.15) is 23.4 Å². The Bertz CT molecular complexity index is 1110. The van der Waals surface area contributed by atoms with Crippen molar-refractivity contribution in [3.05, 3.63) is 76.9 Å². The summed E-state index contributed by atoms with van der Waals surface area (Å²) in [6.07, 6.45) is 2.16. The van der Waals surface area contributed by atoms with Crippen LogP contribution in [0.3, 0.4) is 0 Å². The molecule has 0 aliphatic carbocycles. The number of ether oxygens (including phenoxy) is 3. The second-order valence-electron chi connectivity index (χ2n) is 7.30. The van der Waals surface area contributed by atoms with Crippen LogP contribution < -0.4 is 14.2 Å². The molecule has 6 nitrogen and oxygen atoms in total. The van der Waals surface area contributed by atoms with Gasteiger partial charge in [0.05, 0.1) is 25.9 Å². The van der Waals surface area contributed by atoms with Crippen LogP contribution in [0.2, 0.25) is 0 Å². The van der Waals surface area contributed by atoms with E-state index in [4.69, 9.17) is 14.2 Å². The number of benzene rings is 3. The SMILES string of the molecule is COc1ccc(C2Oc3c(/C=C/c4ccccc4)c(O)cc(O)c3CC2O)cc1OC. The van der Waals surface area contributed by atoms with Crippen LogP contribution in [-0.2, 0) is 6.42 Å². The van der Waals surface area contributed by atoms with Gasteiger partial charge in [-0.1, -0.05) is 42.5 Å². The number of phenols is 2. The first kappa shape index (κ1) is 20.6. The molecular weight excluding hydrogens is 396 g/mol. The average molecular weight is 420 g/mol. The lowest BCUT2D eigenvalue weighted by Crippen LogP contribution is -2.30. The van der Waals surface area contributed by atoms with Crippen molar-refractivity contribution >= 4 is 12.2 Å². The third-order valence-corrected chi connectivity index (χ3v) is 5.36. The van der Waals surface area contributed by atoms with Gasteiger partial charge < -0.3 is 29.5 Å². The fraction of sp³-hybridized carbons (Fsp3) is 0.200. The highest BCUT2D eigenvalue weighted by Gasteiger charge is 2.34. The molecule has 4 rings (SSSR count). The van der Waals surface area contributed by atoms with Crippen LogP contribution in [0.25, 0.3) is 12.2 Å². The van der Waals surface area contributed by atoms with Gasteiger partial charge in [0, 0.05) is 18.1 Å². The maximum absolute atomic E-state index is 10.8. The molecule has 0 spiro atoms. The third-order valence-electron chi connectivity index (χ3n) is 5.36. The number of aromatic hydroxyl groups is 2. The van der Waals surface area contributed by atoms with Crippen LogP contribution in [0.5, 0.6) is 28.7 Å². The zero-order valence-electron chi connectivity index (χ0n) is 17.3. The third kappa shape index (κ3) is 4.02. The van der Waals surface area contributed by atoms with Gasteiger partial charge in [-0.3, -0.25) is 0 Å². The van der Waals surface area contributed by atoms with Gasteiger partial charge in [-0.15, -0.1) is 0 Å². The van der Waals surface area contributed by atoms with E-state index in [0.29, 0.717) is 33.9 Å². The van der Waals surface area contributed by atoms with Crippen molar-refractivity contribution in [3.63, 3.8) is 0 Å². The molecule has 6 heteroatoms. The molecule has 2 unspecified atom stereocenters. The van der Waals surface area contributed by atoms with Crippen LogP contribution in [0.1, 0.15) is 28.4 Å². The predicted octanol–water partition coefficient (Wildman–Crippen LogP) is 4.32. The van der Waals surface area contributed by atoms with Crippen LogP contribution in [-0.4, -0.2) is 35.6 Å². The van der Waals surface area contributed by atoms with Crippen molar-refractivity contribution in [2.24, 2.45) is 0 Å². The molecule has 2 atom stereocenters. The number of methoxy groups -OCH3 is 2. The lowest BCUT2D eigenvalue weighted by molar-refractivity contribution is 0.0195. The zero-order chi connectivity index (χ0) is 22.0. The lowest BCUT2D eigenvalue weighted by Gasteiger charge is -2.32. The number of phenolic OH excluding ortho intramolecular Hbond substituents is 2. The van der Waals surface area contributed by atoms with Crippen molar-refractivity contribution < 1.29 is 29.5 Å². The molecule has 31 heavy (non-hydrogen) atoms. The summed E-state index contributed by atoms with van der Waals surface area (Å²) >= 11 is 0. The summed E-state index contributed by atoms with van der Waals surface area (Å²) in [5.74, 6) is 1.21. The molecule has 0 saturated heterocycles. The molecule has 0 aromatic heterocycles. The second kappa shape index (κ2) is 8.62. The molecule has 0 fully saturated rings. The highest BCUT2D eigenvalue weighted by atomic mass is 16.5. The first-order valence-electron chi connectivity index (χ1n) is 9.89. The van der Waals surface area contributed by atoms with E-state index < -0.39 is 12.2 Å². The summed E-state index contributed by atoms with van der Waals surface area (Å²) in [5.41, 5.74) is 2.54. The molecule has 0 amide bonds. The molecule has 0 radical (unpaired) electrons. The first-order valence-corrected chi connectivity index (χ1v) is 9.89. The number of aliphatic hydroxyl groups excluding tert-OH is 1. The van der Waals surface area contributed by atoms with E-state index in [1.54, 1.807) is 31.4 Å². The molecule has 0 bridgehead atoms. The Balaban J connectivity index is 1.75. The van der Waals surface area contributed by atoms with Crippen molar-refractivity contribution in [3.8, 4) is 28.7 Å². The number of hydrogen-bond donors (Lipinski definition) is 3. The summed E-state index contributed by atoms with van der Waals surface area (Å²) in [6, 6.07) is 16.2. The van der Waals surface area contributed by atoms with Gasteiger partial charge in [-0.25, -0.2) is 0 Å². The Hall–Kier alpha value is -3.64. The minimum atomic E-state index is -0.896. The smallest absolute Gasteiger partial charge is 0.161 e. The molecular formula is C25H24O6. The molecule has 3 N–H and O–H groups in total. The van der Waals surface area contributed by atoms with Crippen molar-refractivity contribution in [2.45, 2.75) is 18.6 Å². The maximum Gasteiger partial charge on any atom is 0.161 e. The van der Waals surface area contributed by atoms with Crippen LogP contribution in [0.4, 0.5) is 0 Å². The average Bonchev–Trinajstić information content (AvgIpc) is 2.79. The molecule has 1 heterocycles. The highest BCUT2D eigenvalue weighted by molar-refractivity contribution is 5.78. The largest absolute Gasteiger partial charge is 0.507 e. The summed E-state index contributed by atoms with van der Waals surface area (Å²) < 4.78 is 16.8. The minimum absolute atomic E-state index is 0.106. The van der Waals surface area contributed by atoms with E-state index in [0.717, 1.165) is 5.56 Å². The Morgan fingerprint density at radius 1 is 0.903 bits per heavy atom. The van der Waals surface area contributed by atoms with Gasteiger partial charge in [-0.2, -0.15) is 0 Å². The van der Waals surface area contributed by atoms with Gasteiger partial charge in [0.25, 0.3) is 0 Å². The summed E-state index contributed by atoms with van der Waals surface area (Å²) in [5, 5.41) is 31.6. The van der Waals surface area contributed by atoms with Crippen LogP contribution in [0, 0.1) is 0 Å². The molecule has 1 aliphatic rings. The number of fused-ring (bicyclic) bond motifs is 1. The minimum Gasteiger partial charge on any atom is -0.507 e.